The third-order valence-electron chi connectivity index (χ3n) is 7.35. The molecule has 4 atom stereocenters. The van der Waals surface area contributed by atoms with Gasteiger partial charge in [-0.15, -0.1) is 0 Å². The number of aliphatic hydroxyl groups excluding tert-OH is 1. The molecule has 2 heterocycles. The fourth-order valence-electron chi connectivity index (χ4n) is 5.22. The predicted octanol–water partition coefficient (Wildman–Crippen LogP) is 3.14. The van der Waals surface area contributed by atoms with Crippen LogP contribution in [0.1, 0.15) is 61.7 Å². The van der Waals surface area contributed by atoms with Gasteiger partial charge in [-0.05, 0) is 24.3 Å². The summed E-state index contributed by atoms with van der Waals surface area (Å²) in [6.07, 6.45) is 12.6. The van der Waals surface area contributed by atoms with Crippen LogP contribution in [0.5, 0.6) is 0 Å². The van der Waals surface area contributed by atoms with E-state index in [0.29, 0.717) is 30.3 Å². The first-order chi connectivity index (χ1) is 18.5. The summed E-state index contributed by atoms with van der Waals surface area (Å²) in [6, 6.07) is 8.38. The van der Waals surface area contributed by atoms with Crippen LogP contribution in [0.2, 0.25) is 0 Å². The fraction of sp³-hybridized carbons (Fsp3) is 0.500. The van der Waals surface area contributed by atoms with Crippen LogP contribution in [0.3, 0.4) is 0 Å². The van der Waals surface area contributed by atoms with Gasteiger partial charge in [-0.2, -0.15) is 12.6 Å². The van der Waals surface area contributed by atoms with Crippen LogP contribution in [-0.2, 0) is 22.4 Å². The summed E-state index contributed by atoms with van der Waals surface area (Å²) in [6.45, 7) is 0. The lowest BCUT2D eigenvalue weighted by Crippen LogP contribution is -2.53. The number of thiol groups is 1. The minimum Gasteiger partial charge on any atom is -0.383 e. The number of nitrogens with zero attached hydrogens (tertiary/aromatic N) is 2. The Morgan fingerprint density at radius 3 is 2.50 bits per heavy atom. The molecule has 0 unspecified atom stereocenters. The first-order valence-electron chi connectivity index (χ1n) is 13.4. The second-order valence-corrected chi connectivity index (χ2v) is 10.6. The predicted molar refractivity (Wildman–Crippen MR) is 148 cm³/mol. The number of amides is 2. The normalized spacial score (nSPS) is 17.3. The Labute approximate surface area is 229 Å². The molecule has 1 saturated carbocycles. The van der Waals surface area contributed by atoms with Crippen molar-refractivity contribution in [2.45, 2.75) is 69.6 Å². The monoisotopic (exact) mass is 538 g/mol. The molecule has 3 aromatic rings. The Hall–Kier alpha value is -3.11. The largest absolute Gasteiger partial charge is 0.383 e. The summed E-state index contributed by atoms with van der Waals surface area (Å²) >= 11 is 4.42. The highest BCUT2D eigenvalue weighted by Gasteiger charge is 2.32. The van der Waals surface area contributed by atoms with Crippen LogP contribution in [-0.4, -0.2) is 54.7 Å². The summed E-state index contributed by atoms with van der Waals surface area (Å²) in [4.78, 5) is 41.3. The molecule has 2 aromatic heterocycles. The quantitative estimate of drug-likeness (QED) is 0.186. The average molecular weight is 539 g/mol. The number of H-pyrrole nitrogens is 2. The number of aromatic nitrogens is 4. The van der Waals surface area contributed by atoms with Gasteiger partial charge in [0.1, 0.15) is 18.0 Å². The van der Waals surface area contributed by atoms with E-state index < -0.39 is 24.1 Å². The molecule has 0 spiro atoms. The Balaban J connectivity index is 1.49. The molecule has 0 radical (unpaired) electrons. The van der Waals surface area contributed by atoms with Gasteiger partial charge in [0, 0.05) is 36.5 Å². The molecular weight excluding hydrogens is 500 g/mol. The van der Waals surface area contributed by atoms with E-state index in [9.17, 15) is 14.7 Å². The number of rotatable bonds is 13. The van der Waals surface area contributed by atoms with Crippen molar-refractivity contribution < 1.29 is 14.7 Å². The van der Waals surface area contributed by atoms with E-state index in [2.05, 4.69) is 43.2 Å². The number of aliphatic hydroxyl groups is 1. The highest BCUT2D eigenvalue weighted by Crippen LogP contribution is 2.30. The zero-order chi connectivity index (χ0) is 26.7. The van der Waals surface area contributed by atoms with Gasteiger partial charge in [-0.3, -0.25) is 9.59 Å². The van der Waals surface area contributed by atoms with Gasteiger partial charge >= 0.3 is 0 Å². The van der Waals surface area contributed by atoms with Crippen LogP contribution < -0.4 is 10.6 Å². The fourth-order valence-corrected chi connectivity index (χ4v) is 5.51. The Morgan fingerprint density at radius 1 is 1.05 bits per heavy atom. The van der Waals surface area contributed by atoms with E-state index in [0.717, 1.165) is 36.9 Å². The zero-order valence-corrected chi connectivity index (χ0v) is 22.4. The van der Waals surface area contributed by atoms with E-state index in [1.807, 2.05) is 30.3 Å². The lowest BCUT2D eigenvalue weighted by Gasteiger charge is -2.31. The molecule has 38 heavy (non-hydrogen) atoms. The van der Waals surface area contributed by atoms with Gasteiger partial charge in [0.15, 0.2) is 0 Å². The Morgan fingerprint density at radius 2 is 1.84 bits per heavy atom. The molecule has 4 rings (SSSR count). The number of carbonyl (C=O) groups excluding carboxylic acids is 2. The molecule has 2 amide bonds. The standard InChI is InChI=1S/C28H38N6O3S/c35-25(26-30-11-12-31-26)23(14-20-9-5-2-6-10-20)33-28(37)24(15-22-16-29-18-32-22)34-27(36)21(17-38)13-19-7-3-1-4-8-19/h1,3-4,7-8,11-12,16,18,20-21,23-25,35,38H,2,5-6,9-10,13-15,17H2,(H,29,32)(H,30,31)(H,33,37)(H,34,36)/t21-,23+,24+,25+/m1/s1. The third-order valence-corrected chi connectivity index (χ3v) is 7.79. The van der Waals surface area contributed by atoms with E-state index in [4.69, 9.17) is 0 Å². The minimum absolute atomic E-state index is 0.237. The minimum atomic E-state index is -0.984. The molecule has 10 heteroatoms. The molecule has 204 valence electrons. The van der Waals surface area contributed by atoms with Crippen LogP contribution in [0.25, 0.3) is 0 Å². The zero-order valence-electron chi connectivity index (χ0n) is 21.6. The molecule has 1 aliphatic carbocycles. The van der Waals surface area contributed by atoms with Crippen molar-refractivity contribution in [3.05, 3.63) is 72.3 Å². The molecular formula is C28H38N6O3S. The maximum Gasteiger partial charge on any atom is 0.243 e. The molecule has 0 saturated heterocycles. The lowest BCUT2D eigenvalue weighted by molar-refractivity contribution is -0.131. The summed E-state index contributed by atoms with van der Waals surface area (Å²) in [7, 11) is 0. The molecule has 5 N–H and O–H groups in total. The van der Waals surface area contributed by atoms with Gasteiger partial charge in [0.25, 0.3) is 0 Å². The van der Waals surface area contributed by atoms with Crippen molar-refractivity contribution in [2.24, 2.45) is 11.8 Å². The van der Waals surface area contributed by atoms with E-state index in [1.54, 1.807) is 24.9 Å². The van der Waals surface area contributed by atoms with Crippen molar-refractivity contribution in [1.29, 1.82) is 0 Å². The average Bonchev–Trinajstić information content (AvgIpc) is 3.66. The van der Waals surface area contributed by atoms with Crippen LogP contribution in [0, 0.1) is 11.8 Å². The summed E-state index contributed by atoms with van der Waals surface area (Å²) in [5.74, 6) is 0.193. The molecule has 0 aliphatic heterocycles. The first-order valence-corrected chi connectivity index (χ1v) is 14.1. The Kier molecular flexibility index (Phi) is 10.4. The highest BCUT2D eigenvalue weighted by atomic mass is 32.1. The number of carbonyl (C=O) groups is 2. The van der Waals surface area contributed by atoms with Crippen LogP contribution in [0.4, 0.5) is 0 Å². The summed E-state index contributed by atoms with van der Waals surface area (Å²) in [5, 5.41) is 17.2. The third kappa shape index (κ3) is 7.94. The number of nitrogens with one attached hydrogen (secondary N) is 4. The number of aromatic amines is 2. The number of benzene rings is 1. The summed E-state index contributed by atoms with van der Waals surface area (Å²) in [5.41, 5.74) is 1.76. The van der Waals surface area contributed by atoms with Gasteiger partial charge < -0.3 is 25.7 Å². The second kappa shape index (κ2) is 14.2. The van der Waals surface area contributed by atoms with Crippen LogP contribution in [0.15, 0.2) is 55.2 Å². The molecule has 9 nitrogen and oxygen atoms in total. The maximum atomic E-state index is 13.7. The number of imidazole rings is 2. The molecule has 1 fully saturated rings. The topological polar surface area (TPSA) is 136 Å². The van der Waals surface area contributed by atoms with E-state index in [1.165, 1.54) is 6.42 Å². The molecule has 0 bridgehead atoms. The summed E-state index contributed by atoms with van der Waals surface area (Å²) < 4.78 is 0. The van der Waals surface area contributed by atoms with Crippen molar-refractivity contribution in [2.75, 3.05) is 5.75 Å². The van der Waals surface area contributed by atoms with Gasteiger partial charge in [-0.25, -0.2) is 9.97 Å². The van der Waals surface area contributed by atoms with Crippen LogP contribution >= 0.6 is 12.6 Å². The van der Waals surface area contributed by atoms with Crippen molar-refractivity contribution in [3.63, 3.8) is 0 Å². The number of hydrogen-bond donors (Lipinski definition) is 6. The van der Waals surface area contributed by atoms with Gasteiger partial charge in [-0.1, -0.05) is 62.4 Å². The van der Waals surface area contributed by atoms with Gasteiger partial charge in [0.05, 0.1) is 18.3 Å². The highest BCUT2D eigenvalue weighted by molar-refractivity contribution is 7.80. The number of hydrogen-bond acceptors (Lipinski definition) is 6. The van der Waals surface area contributed by atoms with Gasteiger partial charge in [0.2, 0.25) is 11.8 Å². The SMILES string of the molecule is O=C(N[C@@H](Cc1cnc[nH]1)C(=O)N[C@@H](CC1CCCCC1)[C@H](O)c1ncc[nH]1)[C@@H](CS)Cc1ccccc1. The van der Waals surface area contributed by atoms with E-state index in [-0.39, 0.29) is 18.2 Å². The maximum absolute atomic E-state index is 13.7. The first kappa shape index (κ1) is 27.9. The van der Waals surface area contributed by atoms with E-state index >= 15 is 0 Å². The lowest BCUT2D eigenvalue weighted by atomic mass is 9.83. The second-order valence-electron chi connectivity index (χ2n) is 10.2. The molecule has 1 aromatic carbocycles. The Bertz CT molecular complexity index is 1100. The van der Waals surface area contributed by atoms with Crippen molar-refractivity contribution >= 4 is 24.4 Å². The smallest absolute Gasteiger partial charge is 0.243 e. The molecule has 1 aliphatic rings. The van der Waals surface area contributed by atoms with Crippen molar-refractivity contribution in [3.8, 4) is 0 Å². The van der Waals surface area contributed by atoms with Crippen molar-refractivity contribution in [1.82, 2.24) is 30.6 Å².